The van der Waals surface area contributed by atoms with Crippen LogP contribution >= 0.6 is 0 Å². The van der Waals surface area contributed by atoms with Gasteiger partial charge in [-0.25, -0.2) is 0 Å². The number of rotatable bonds is 10. The molecule has 0 radical (unpaired) electrons. The van der Waals surface area contributed by atoms with Crippen LogP contribution in [0.5, 0.6) is 0 Å². The zero-order valence-electron chi connectivity index (χ0n) is 16.1. The van der Waals surface area contributed by atoms with Crippen LogP contribution in [0.1, 0.15) is 12.8 Å². The van der Waals surface area contributed by atoms with Crippen molar-refractivity contribution in [2.24, 2.45) is 0 Å². The summed E-state index contributed by atoms with van der Waals surface area (Å²) in [6.45, 7) is 2.03. The van der Waals surface area contributed by atoms with Gasteiger partial charge in [-0.1, -0.05) is 0 Å². The van der Waals surface area contributed by atoms with Gasteiger partial charge in [0.05, 0.1) is 77.0 Å². The minimum Gasteiger partial charge on any atom is -0.331 e. The average molecular weight is 375 g/mol. The van der Waals surface area contributed by atoms with Gasteiger partial charge in [0.25, 0.3) is 0 Å². The highest BCUT2D eigenvalue weighted by atomic mass is 32.2. The Labute approximate surface area is 152 Å². The van der Waals surface area contributed by atoms with Crippen molar-refractivity contribution in [3.63, 3.8) is 0 Å². The van der Waals surface area contributed by atoms with Crippen molar-refractivity contribution in [3.8, 4) is 0 Å². The van der Waals surface area contributed by atoms with Crippen molar-refractivity contribution < 1.29 is 17.4 Å². The predicted octanol–water partition coefficient (Wildman–Crippen LogP) is 2.09. The Bertz CT molecular complexity index is 507. The molecular formula is C18H34N2O2S2+2. The SMILES string of the molecule is C[N+](C)(C)CCCS(=O)c1ccc(S(=O)CCC[N+](C)(C)C)cc1. The van der Waals surface area contributed by atoms with Gasteiger partial charge in [-0.3, -0.25) is 8.42 Å². The molecule has 1 rings (SSSR count). The number of benzene rings is 1. The second kappa shape index (κ2) is 9.22. The highest BCUT2D eigenvalue weighted by molar-refractivity contribution is 7.85. The zero-order chi connectivity index (χ0) is 18.4. The van der Waals surface area contributed by atoms with E-state index in [1.807, 2.05) is 24.3 Å². The fourth-order valence-electron chi connectivity index (χ4n) is 2.32. The summed E-state index contributed by atoms with van der Waals surface area (Å²) in [5.41, 5.74) is 0. The maximum absolute atomic E-state index is 12.3. The first-order valence-corrected chi connectivity index (χ1v) is 11.1. The van der Waals surface area contributed by atoms with Crippen molar-refractivity contribution in [1.82, 2.24) is 0 Å². The van der Waals surface area contributed by atoms with E-state index < -0.39 is 21.6 Å². The van der Waals surface area contributed by atoms with Gasteiger partial charge < -0.3 is 8.97 Å². The van der Waals surface area contributed by atoms with Crippen LogP contribution in [0.4, 0.5) is 0 Å². The molecule has 0 spiro atoms. The molecule has 0 amide bonds. The lowest BCUT2D eigenvalue weighted by Crippen LogP contribution is -2.35. The molecule has 4 nitrogen and oxygen atoms in total. The van der Waals surface area contributed by atoms with Crippen LogP contribution in [-0.2, 0) is 21.6 Å². The van der Waals surface area contributed by atoms with E-state index in [0.29, 0.717) is 11.5 Å². The average Bonchev–Trinajstić information content (AvgIpc) is 2.44. The Morgan fingerprint density at radius 2 is 0.958 bits per heavy atom. The standard InChI is InChI=1S/C18H34N2O2S2/c1-19(2,3)13-7-15-23(21)17-9-11-18(12-10-17)24(22)16-8-14-20(4,5)6/h9-12H,7-8,13-16H2,1-6H3/q+2. The van der Waals surface area contributed by atoms with E-state index in [1.54, 1.807) is 0 Å². The molecule has 1 aromatic rings. The fraction of sp³-hybridized carbons (Fsp3) is 0.667. The summed E-state index contributed by atoms with van der Waals surface area (Å²) in [5.74, 6) is 1.36. The minimum atomic E-state index is -0.968. The van der Waals surface area contributed by atoms with E-state index in [0.717, 1.165) is 44.7 Å². The van der Waals surface area contributed by atoms with E-state index in [9.17, 15) is 8.42 Å². The summed E-state index contributed by atoms with van der Waals surface area (Å²) in [4.78, 5) is 1.67. The molecule has 0 aliphatic carbocycles. The summed E-state index contributed by atoms with van der Waals surface area (Å²) in [5, 5.41) is 0. The van der Waals surface area contributed by atoms with Crippen LogP contribution in [0.15, 0.2) is 34.1 Å². The Morgan fingerprint density at radius 1 is 0.667 bits per heavy atom. The molecule has 0 bridgehead atoms. The first-order valence-electron chi connectivity index (χ1n) is 8.46. The van der Waals surface area contributed by atoms with E-state index in [-0.39, 0.29) is 0 Å². The van der Waals surface area contributed by atoms with E-state index >= 15 is 0 Å². The molecule has 0 aliphatic rings. The zero-order valence-corrected chi connectivity index (χ0v) is 17.7. The van der Waals surface area contributed by atoms with Gasteiger partial charge in [0, 0.05) is 34.1 Å². The number of hydrogen-bond donors (Lipinski definition) is 0. The smallest absolute Gasteiger partial charge is 0.0789 e. The molecule has 2 unspecified atom stereocenters. The molecule has 138 valence electrons. The van der Waals surface area contributed by atoms with Gasteiger partial charge in [0.15, 0.2) is 0 Å². The third kappa shape index (κ3) is 9.06. The Morgan fingerprint density at radius 3 is 1.21 bits per heavy atom. The minimum absolute atomic E-state index is 0.682. The highest BCUT2D eigenvalue weighted by Crippen LogP contribution is 2.14. The van der Waals surface area contributed by atoms with Crippen LogP contribution < -0.4 is 0 Å². The maximum Gasteiger partial charge on any atom is 0.0789 e. The van der Waals surface area contributed by atoms with Gasteiger partial charge in [0.1, 0.15) is 0 Å². The van der Waals surface area contributed by atoms with E-state index in [2.05, 4.69) is 42.3 Å². The van der Waals surface area contributed by atoms with Crippen molar-refractivity contribution >= 4 is 21.6 Å². The highest BCUT2D eigenvalue weighted by Gasteiger charge is 2.12. The van der Waals surface area contributed by atoms with Crippen LogP contribution in [0, 0.1) is 0 Å². The van der Waals surface area contributed by atoms with Gasteiger partial charge >= 0.3 is 0 Å². The third-order valence-electron chi connectivity index (χ3n) is 3.67. The molecule has 0 fully saturated rings. The summed E-state index contributed by atoms with van der Waals surface area (Å²) >= 11 is 0. The molecule has 6 heteroatoms. The number of hydrogen-bond acceptors (Lipinski definition) is 2. The molecule has 0 aliphatic heterocycles. The third-order valence-corrected chi connectivity index (χ3v) is 6.58. The topological polar surface area (TPSA) is 34.1 Å². The molecule has 0 aromatic heterocycles. The van der Waals surface area contributed by atoms with Gasteiger partial charge in [-0.2, -0.15) is 0 Å². The van der Waals surface area contributed by atoms with Crippen LogP contribution in [0.25, 0.3) is 0 Å². The molecule has 0 saturated carbocycles. The fourth-order valence-corrected chi connectivity index (χ4v) is 4.45. The molecular weight excluding hydrogens is 340 g/mol. The molecule has 24 heavy (non-hydrogen) atoms. The Kier molecular flexibility index (Phi) is 8.26. The number of quaternary nitrogens is 2. The second-order valence-corrected chi connectivity index (χ2v) is 11.4. The van der Waals surface area contributed by atoms with Gasteiger partial charge in [-0.15, -0.1) is 0 Å². The molecule has 0 saturated heterocycles. The first-order chi connectivity index (χ1) is 11.0. The second-order valence-electron chi connectivity index (χ2n) is 8.31. The van der Waals surface area contributed by atoms with Crippen LogP contribution in [0.3, 0.4) is 0 Å². The monoisotopic (exact) mass is 374 g/mol. The first kappa shape index (κ1) is 21.5. The molecule has 1 aromatic carbocycles. The molecule has 0 N–H and O–H groups in total. The van der Waals surface area contributed by atoms with Gasteiger partial charge in [-0.05, 0) is 24.3 Å². The van der Waals surface area contributed by atoms with Crippen LogP contribution in [-0.4, -0.2) is 84.3 Å². The summed E-state index contributed by atoms with van der Waals surface area (Å²) < 4.78 is 26.4. The van der Waals surface area contributed by atoms with E-state index in [1.165, 1.54) is 0 Å². The van der Waals surface area contributed by atoms with Crippen molar-refractivity contribution in [2.75, 3.05) is 66.9 Å². The molecule has 0 heterocycles. The van der Waals surface area contributed by atoms with Gasteiger partial charge in [0.2, 0.25) is 0 Å². The van der Waals surface area contributed by atoms with E-state index in [4.69, 9.17) is 0 Å². The van der Waals surface area contributed by atoms with Crippen LogP contribution in [0.2, 0.25) is 0 Å². The van der Waals surface area contributed by atoms with Crippen molar-refractivity contribution in [3.05, 3.63) is 24.3 Å². The summed E-state index contributed by atoms with van der Waals surface area (Å²) in [7, 11) is 10.9. The quantitative estimate of drug-likeness (QED) is 0.588. The largest absolute Gasteiger partial charge is 0.331 e. The molecule has 2 atom stereocenters. The Hall–Kier alpha value is -0.560. The lowest BCUT2D eigenvalue weighted by molar-refractivity contribution is -0.870. The predicted molar refractivity (Wildman–Crippen MR) is 104 cm³/mol. The lowest BCUT2D eigenvalue weighted by Gasteiger charge is -2.23. The van der Waals surface area contributed by atoms with Crippen molar-refractivity contribution in [1.29, 1.82) is 0 Å². The Balaban J connectivity index is 2.50. The lowest BCUT2D eigenvalue weighted by atomic mass is 10.4. The summed E-state index contributed by atoms with van der Waals surface area (Å²) in [6, 6.07) is 7.48. The maximum atomic E-state index is 12.3. The summed E-state index contributed by atoms with van der Waals surface area (Å²) in [6.07, 6.45) is 1.88. The normalized spacial score (nSPS) is 15.2. The number of nitrogens with zero attached hydrogens (tertiary/aromatic N) is 2. The van der Waals surface area contributed by atoms with Crippen molar-refractivity contribution in [2.45, 2.75) is 22.6 Å².